The van der Waals surface area contributed by atoms with Gasteiger partial charge in [0, 0.05) is 36.0 Å². The van der Waals surface area contributed by atoms with Gasteiger partial charge in [0.05, 0.1) is 11.4 Å². The zero-order valence-corrected chi connectivity index (χ0v) is 21.3. The molecule has 5 nitrogen and oxygen atoms in total. The van der Waals surface area contributed by atoms with Crippen LogP contribution in [0, 0.1) is 10.8 Å². The Morgan fingerprint density at radius 1 is 0.487 bits per heavy atom. The molecule has 1 aliphatic rings. The zero-order chi connectivity index (χ0) is 27.0. The van der Waals surface area contributed by atoms with Crippen molar-refractivity contribution in [1.82, 2.24) is 9.97 Å². The predicted octanol–water partition coefficient (Wildman–Crippen LogP) is 7.60. The molecule has 4 N–H and O–H groups in total. The van der Waals surface area contributed by atoms with Gasteiger partial charge in [0.1, 0.15) is 0 Å². The lowest BCUT2D eigenvalue weighted by atomic mass is 9.87. The lowest BCUT2D eigenvalue weighted by Gasteiger charge is -2.17. The molecule has 0 fully saturated rings. The van der Waals surface area contributed by atoms with Crippen LogP contribution in [0.1, 0.15) is 11.1 Å². The first-order chi connectivity index (χ1) is 19.1. The normalized spacial score (nSPS) is 12.6. The van der Waals surface area contributed by atoms with Crippen molar-refractivity contribution in [2.45, 2.75) is 0 Å². The van der Waals surface area contributed by atoms with Crippen molar-refractivity contribution in [2.24, 2.45) is 0 Å². The number of nitrogens with one attached hydrogen (secondary N) is 2. The van der Waals surface area contributed by atoms with Crippen LogP contribution in [0.25, 0.3) is 33.4 Å². The molecule has 0 unspecified atom stereocenters. The van der Waals surface area contributed by atoms with Gasteiger partial charge in [0.25, 0.3) is 0 Å². The van der Waals surface area contributed by atoms with Gasteiger partial charge in [-0.15, -0.1) is 0 Å². The fraction of sp³-hybridized carbons (Fsp3) is 0. The SMILES string of the molecule is N=C1C=C(c2ccc(-c3cccnc3)cc2)C=C(c2ccc(-c3cccnc3)cc2)C1=N.Nc1ccccc1. The van der Waals surface area contributed by atoms with Crippen molar-refractivity contribution >= 4 is 28.3 Å². The molecule has 5 heteroatoms. The number of rotatable bonds is 4. The maximum Gasteiger partial charge on any atom is 0.0867 e. The van der Waals surface area contributed by atoms with Crippen molar-refractivity contribution < 1.29 is 0 Å². The average molecular weight is 506 g/mol. The summed E-state index contributed by atoms with van der Waals surface area (Å²) in [4.78, 5) is 8.36. The van der Waals surface area contributed by atoms with Crippen molar-refractivity contribution in [3.05, 3.63) is 151 Å². The van der Waals surface area contributed by atoms with Crippen molar-refractivity contribution in [3.63, 3.8) is 0 Å². The van der Waals surface area contributed by atoms with Gasteiger partial charge in [-0.2, -0.15) is 0 Å². The van der Waals surface area contributed by atoms with Crippen LogP contribution >= 0.6 is 0 Å². The fourth-order valence-corrected chi connectivity index (χ4v) is 4.25. The summed E-state index contributed by atoms with van der Waals surface area (Å²) in [6, 6.07) is 33.7. The van der Waals surface area contributed by atoms with Crippen LogP contribution in [-0.2, 0) is 0 Å². The van der Waals surface area contributed by atoms with E-state index in [-0.39, 0.29) is 11.4 Å². The second-order valence-electron chi connectivity index (χ2n) is 9.00. The predicted molar refractivity (Wildman–Crippen MR) is 162 cm³/mol. The minimum Gasteiger partial charge on any atom is -0.399 e. The van der Waals surface area contributed by atoms with Crippen LogP contribution in [0.15, 0.2) is 140 Å². The van der Waals surface area contributed by atoms with E-state index >= 15 is 0 Å². The van der Waals surface area contributed by atoms with Crippen LogP contribution in [0.3, 0.4) is 0 Å². The quantitative estimate of drug-likeness (QED) is 0.173. The molecule has 2 heterocycles. The Labute approximate surface area is 228 Å². The first-order valence-corrected chi connectivity index (χ1v) is 12.5. The van der Waals surface area contributed by atoms with Gasteiger partial charge < -0.3 is 5.73 Å². The van der Waals surface area contributed by atoms with Crippen molar-refractivity contribution in [1.29, 1.82) is 10.8 Å². The van der Waals surface area contributed by atoms with E-state index < -0.39 is 0 Å². The van der Waals surface area contributed by atoms with E-state index in [0.29, 0.717) is 0 Å². The number of para-hydroxylation sites is 1. The van der Waals surface area contributed by atoms with Crippen LogP contribution in [-0.4, -0.2) is 21.4 Å². The highest BCUT2D eigenvalue weighted by atomic mass is 14.6. The third-order valence-corrected chi connectivity index (χ3v) is 6.34. The Morgan fingerprint density at radius 3 is 1.46 bits per heavy atom. The Balaban J connectivity index is 0.000000384. The summed E-state index contributed by atoms with van der Waals surface area (Å²) in [5, 5.41) is 16.8. The number of aromatic nitrogens is 2. The van der Waals surface area contributed by atoms with Gasteiger partial charge >= 0.3 is 0 Å². The molecule has 0 atom stereocenters. The third-order valence-electron chi connectivity index (χ3n) is 6.34. The first kappa shape index (κ1) is 25.2. The summed E-state index contributed by atoms with van der Waals surface area (Å²) >= 11 is 0. The van der Waals surface area contributed by atoms with E-state index in [4.69, 9.17) is 16.6 Å². The van der Waals surface area contributed by atoms with E-state index in [1.165, 1.54) is 0 Å². The second kappa shape index (κ2) is 11.8. The molecule has 2 aromatic heterocycles. The van der Waals surface area contributed by atoms with Gasteiger partial charge in [-0.1, -0.05) is 78.9 Å². The number of nitrogens with two attached hydrogens (primary N) is 1. The Kier molecular flexibility index (Phi) is 7.61. The Bertz CT molecular complexity index is 1640. The molecule has 39 heavy (non-hydrogen) atoms. The number of nitrogens with zero attached hydrogens (tertiary/aromatic N) is 2. The standard InChI is InChI=1S/C28H20N4.C6H7N/c29-27-16-25(21-7-5-19(6-8-21)23-3-1-13-31-17-23)15-26(28(27)30)22-11-9-20(10-12-22)24-4-2-14-32-18-24;7-6-4-2-1-3-5-6/h1-18,29-30H;1-5H,7H2. The smallest absolute Gasteiger partial charge is 0.0867 e. The summed E-state index contributed by atoms with van der Waals surface area (Å²) in [7, 11) is 0. The molecular weight excluding hydrogens is 478 g/mol. The molecule has 5 aromatic rings. The maximum absolute atomic E-state index is 8.45. The number of anilines is 1. The molecule has 0 bridgehead atoms. The minimum absolute atomic E-state index is 0.213. The van der Waals surface area contributed by atoms with Crippen molar-refractivity contribution in [2.75, 3.05) is 5.73 Å². The largest absolute Gasteiger partial charge is 0.399 e. The van der Waals surface area contributed by atoms with Crippen LogP contribution in [0.2, 0.25) is 0 Å². The topological polar surface area (TPSA) is 99.5 Å². The van der Waals surface area contributed by atoms with Gasteiger partial charge in [-0.3, -0.25) is 20.8 Å². The summed E-state index contributed by atoms with van der Waals surface area (Å²) < 4.78 is 0. The molecule has 6 rings (SSSR count). The number of pyridine rings is 2. The van der Waals surface area contributed by atoms with Crippen LogP contribution in [0.4, 0.5) is 5.69 Å². The summed E-state index contributed by atoms with van der Waals surface area (Å²) in [6.45, 7) is 0. The third kappa shape index (κ3) is 6.12. The zero-order valence-electron chi connectivity index (χ0n) is 21.3. The molecule has 3 aromatic carbocycles. The highest BCUT2D eigenvalue weighted by Gasteiger charge is 2.18. The molecule has 0 aliphatic heterocycles. The van der Waals surface area contributed by atoms with Gasteiger partial charge in [0.15, 0.2) is 0 Å². The number of hydrogen-bond donors (Lipinski definition) is 3. The van der Waals surface area contributed by atoms with Crippen LogP contribution in [0.5, 0.6) is 0 Å². The average Bonchev–Trinajstić information content (AvgIpc) is 3.00. The number of hydrogen-bond acceptors (Lipinski definition) is 5. The number of allylic oxidation sites excluding steroid dienone is 4. The molecule has 0 saturated heterocycles. The second-order valence-corrected chi connectivity index (χ2v) is 9.00. The van der Waals surface area contributed by atoms with Gasteiger partial charge in [-0.05, 0) is 75.4 Å². The van der Waals surface area contributed by atoms with Crippen molar-refractivity contribution in [3.8, 4) is 22.3 Å². The van der Waals surface area contributed by atoms with Gasteiger partial charge in [0.2, 0.25) is 0 Å². The molecule has 0 spiro atoms. The number of benzene rings is 3. The van der Waals surface area contributed by atoms with E-state index in [2.05, 4.69) is 34.2 Å². The fourth-order valence-electron chi connectivity index (χ4n) is 4.25. The summed E-state index contributed by atoms with van der Waals surface area (Å²) in [5.41, 5.74) is 14.5. The molecular formula is C34H27N5. The molecule has 0 radical (unpaired) electrons. The van der Waals surface area contributed by atoms with Gasteiger partial charge in [-0.25, -0.2) is 0 Å². The minimum atomic E-state index is 0.213. The lowest BCUT2D eigenvalue weighted by molar-refractivity contribution is 1.33. The lowest BCUT2D eigenvalue weighted by Crippen LogP contribution is -2.15. The van der Waals surface area contributed by atoms with E-state index in [9.17, 15) is 0 Å². The highest BCUT2D eigenvalue weighted by molar-refractivity contribution is 6.61. The summed E-state index contributed by atoms with van der Waals surface area (Å²) in [6.07, 6.45) is 11.0. The monoisotopic (exact) mass is 505 g/mol. The number of nitrogen functional groups attached to an aromatic ring is 1. The Hall–Kier alpha value is -5.42. The van der Waals surface area contributed by atoms with Crippen LogP contribution < -0.4 is 5.73 Å². The maximum atomic E-state index is 8.45. The van der Waals surface area contributed by atoms with E-state index in [1.54, 1.807) is 18.5 Å². The highest BCUT2D eigenvalue weighted by Crippen LogP contribution is 2.30. The molecule has 0 amide bonds. The molecule has 0 saturated carbocycles. The van der Waals surface area contributed by atoms with E-state index in [0.717, 1.165) is 50.2 Å². The Morgan fingerprint density at radius 2 is 1.00 bits per heavy atom. The first-order valence-electron chi connectivity index (χ1n) is 12.5. The van der Waals surface area contributed by atoms with E-state index in [1.807, 2.05) is 97.3 Å². The molecule has 1 aliphatic carbocycles. The summed E-state index contributed by atoms with van der Waals surface area (Å²) in [5.74, 6) is 0. The molecule has 188 valence electrons.